The van der Waals surface area contributed by atoms with E-state index >= 15 is 0 Å². The molecule has 0 bridgehead atoms. The molecule has 4 rings (SSSR count). The SMILES string of the molecule is Cc1ccc(NC(=O)N[C@@H](CCC(C)C)c2c(-n3cccc3)sc3c2CCN(C)C3)cc1Cl. The zero-order valence-corrected chi connectivity index (χ0v) is 21.4. The Hall–Kier alpha value is -2.28. The van der Waals surface area contributed by atoms with Crippen molar-refractivity contribution in [2.45, 2.75) is 52.6 Å². The van der Waals surface area contributed by atoms with Crippen molar-refractivity contribution < 1.29 is 4.79 Å². The van der Waals surface area contributed by atoms with Crippen molar-refractivity contribution in [3.05, 3.63) is 69.3 Å². The minimum atomic E-state index is -0.199. The number of carbonyl (C=O) groups is 1. The molecule has 0 saturated carbocycles. The molecule has 1 atom stereocenters. The van der Waals surface area contributed by atoms with E-state index in [1.165, 1.54) is 21.0 Å². The van der Waals surface area contributed by atoms with Gasteiger partial charge in [0.25, 0.3) is 0 Å². The molecule has 5 nitrogen and oxygen atoms in total. The summed E-state index contributed by atoms with van der Waals surface area (Å²) in [7, 11) is 2.17. The lowest BCUT2D eigenvalue weighted by Crippen LogP contribution is -2.34. The summed E-state index contributed by atoms with van der Waals surface area (Å²) in [6.45, 7) is 8.41. The Morgan fingerprint density at radius 2 is 1.97 bits per heavy atom. The first-order valence-electron chi connectivity index (χ1n) is 11.6. The number of benzene rings is 1. The molecule has 0 fully saturated rings. The van der Waals surface area contributed by atoms with Crippen molar-refractivity contribution in [2.24, 2.45) is 5.92 Å². The van der Waals surface area contributed by atoms with Crippen LogP contribution in [0, 0.1) is 12.8 Å². The maximum Gasteiger partial charge on any atom is 0.319 e. The number of carbonyl (C=O) groups excluding carboxylic acids is 1. The van der Waals surface area contributed by atoms with Gasteiger partial charge in [0.05, 0.1) is 6.04 Å². The van der Waals surface area contributed by atoms with Crippen molar-refractivity contribution in [1.29, 1.82) is 0 Å². The first kappa shape index (κ1) is 23.9. The highest BCUT2D eigenvalue weighted by molar-refractivity contribution is 7.15. The third-order valence-corrected chi connectivity index (χ3v) is 7.88. The van der Waals surface area contributed by atoms with Crippen LogP contribution in [-0.4, -0.2) is 29.1 Å². The first-order valence-corrected chi connectivity index (χ1v) is 12.8. The Balaban J connectivity index is 1.66. The lowest BCUT2D eigenvalue weighted by Gasteiger charge is -2.26. The Morgan fingerprint density at radius 1 is 1.21 bits per heavy atom. The number of halogens is 1. The minimum Gasteiger partial charge on any atom is -0.331 e. The third-order valence-electron chi connectivity index (χ3n) is 6.22. The molecular formula is C26H33ClN4OS. The number of amides is 2. The van der Waals surface area contributed by atoms with E-state index in [0.717, 1.165) is 37.9 Å². The van der Waals surface area contributed by atoms with Crippen LogP contribution in [0.3, 0.4) is 0 Å². The van der Waals surface area contributed by atoms with Crippen LogP contribution in [0.1, 0.15) is 54.3 Å². The summed E-state index contributed by atoms with van der Waals surface area (Å²) in [5.74, 6) is 0.559. The summed E-state index contributed by atoms with van der Waals surface area (Å²) in [5.41, 5.74) is 4.38. The molecule has 0 radical (unpaired) electrons. The Labute approximate surface area is 205 Å². The molecule has 2 N–H and O–H groups in total. The van der Waals surface area contributed by atoms with Crippen molar-refractivity contribution >= 4 is 34.7 Å². The number of anilines is 1. The highest BCUT2D eigenvalue weighted by Gasteiger charge is 2.29. The molecular weight excluding hydrogens is 452 g/mol. The fourth-order valence-electron chi connectivity index (χ4n) is 4.35. The third kappa shape index (κ3) is 5.62. The number of nitrogens with zero attached hydrogens (tertiary/aromatic N) is 2. The molecule has 0 unspecified atom stereocenters. The van der Waals surface area contributed by atoms with Crippen LogP contribution in [0.4, 0.5) is 10.5 Å². The number of aromatic nitrogens is 1. The number of nitrogens with one attached hydrogen (secondary N) is 2. The monoisotopic (exact) mass is 484 g/mol. The van der Waals surface area contributed by atoms with Crippen molar-refractivity contribution in [2.75, 3.05) is 18.9 Å². The molecule has 1 aliphatic rings. The van der Waals surface area contributed by atoms with Crippen LogP contribution in [0.5, 0.6) is 0 Å². The van der Waals surface area contributed by atoms with Gasteiger partial charge >= 0.3 is 6.03 Å². The van der Waals surface area contributed by atoms with Crippen LogP contribution in [0.15, 0.2) is 42.7 Å². The lowest BCUT2D eigenvalue weighted by molar-refractivity contribution is 0.247. The molecule has 2 amide bonds. The summed E-state index contributed by atoms with van der Waals surface area (Å²) >= 11 is 8.11. The van der Waals surface area contributed by atoms with E-state index in [2.05, 4.69) is 65.5 Å². The summed E-state index contributed by atoms with van der Waals surface area (Å²) in [5, 5.41) is 8.16. The van der Waals surface area contributed by atoms with E-state index < -0.39 is 0 Å². The quantitative estimate of drug-likeness (QED) is 0.388. The van der Waals surface area contributed by atoms with Crippen LogP contribution in [0.2, 0.25) is 5.02 Å². The van der Waals surface area contributed by atoms with Crippen molar-refractivity contribution in [3.63, 3.8) is 0 Å². The molecule has 2 aromatic heterocycles. The van der Waals surface area contributed by atoms with Gasteiger partial charge in [-0.05, 0) is 74.5 Å². The Kier molecular flexibility index (Phi) is 7.47. The van der Waals surface area contributed by atoms with E-state index in [0.29, 0.717) is 16.6 Å². The number of hydrogen-bond donors (Lipinski definition) is 2. The summed E-state index contributed by atoms with van der Waals surface area (Å²) in [6, 6.07) is 9.45. The maximum atomic E-state index is 13.1. The average Bonchev–Trinajstić information content (AvgIpc) is 3.41. The zero-order valence-electron chi connectivity index (χ0n) is 19.8. The van der Waals surface area contributed by atoms with Gasteiger partial charge in [0.1, 0.15) is 5.00 Å². The number of fused-ring (bicyclic) bond motifs is 1. The average molecular weight is 485 g/mol. The van der Waals surface area contributed by atoms with Crippen LogP contribution in [-0.2, 0) is 13.0 Å². The molecule has 0 saturated heterocycles. The summed E-state index contributed by atoms with van der Waals surface area (Å²) in [4.78, 5) is 16.9. The number of rotatable bonds is 7. The number of hydrogen-bond acceptors (Lipinski definition) is 3. The Bertz CT molecular complexity index is 1110. The Morgan fingerprint density at radius 3 is 2.67 bits per heavy atom. The second kappa shape index (κ2) is 10.3. The van der Waals surface area contributed by atoms with Crippen molar-refractivity contribution in [1.82, 2.24) is 14.8 Å². The fraction of sp³-hybridized carbons (Fsp3) is 0.423. The van der Waals surface area contributed by atoms with E-state index in [9.17, 15) is 4.79 Å². The normalized spacial score (nSPS) is 14.8. The van der Waals surface area contributed by atoms with Crippen LogP contribution in [0.25, 0.3) is 5.00 Å². The second-order valence-corrected chi connectivity index (χ2v) is 10.9. The molecule has 176 valence electrons. The number of aryl methyl sites for hydroxylation is 1. The smallest absolute Gasteiger partial charge is 0.319 e. The minimum absolute atomic E-state index is 0.0610. The number of likely N-dealkylation sites (N-methyl/N-ethyl adjacent to an activating group) is 1. The highest BCUT2D eigenvalue weighted by Crippen LogP contribution is 2.40. The van der Waals surface area contributed by atoms with Gasteiger partial charge in [0.2, 0.25) is 0 Å². The largest absolute Gasteiger partial charge is 0.331 e. The van der Waals surface area contributed by atoms with Crippen LogP contribution >= 0.6 is 22.9 Å². The van der Waals surface area contributed by atoms with Gasteiger partial charge in [-0.15, -0.1) is 11.3 Å². The van der Waals surface area contributed by atoms with Gasteiger partial charge in [-0.25, -0.2) is 4.79 Å². The summed E-state index contributed by atoms with van der Waals surface area (Å²) < 4.78 is 2.19. The van der Waals surface area contributed by atoms with E-state index in [1.54, 1.807) is 6.07 Å². The molecule has 0 spiro atoms. The predicted octanol–water partition coefficient (Wildman–Crippen LogP) is 6.79. The fourth-order valence-corrected chi connectivity index (χ4v) is 5.98. The summed E-state index contributed by atoms with van der Waals surface area (Å²) in [6.07, 6.45) is 7.13. The van der Waals surface area contributed by atoms with Gasteiger partial charge in [0, 0.05) is 46.6 Å². The zero-order chi connectivity index (χ0) is 23.5. The molecule has 7 heteroatoms. The standard InChI is InChI=1S/C26H33ClN4OS/c1-17(2)7-10-22(29-26(32)28-19-9-8-18(3)21(27)15-19)24-20-11-14-30(4)16-23(20)33-25(24)31-12-5-6-13-31/h5-6,8-9,12-13,15,17,22H,7,10-11,14,16H2,1-4H3,(H2,28,29,32)/t22-/m0/s1. The molecule has 1 aliphatic heterocycles. The van der Waals surface area contributed by atoms with Gasteiger partial charge < -0.3 is 20.1 Å². The number of thiophene rings is 1. The van der Waals surface area contributed by atoms with E-state index in [4.69, 9.17) is 11.6 Å². The first-order chi connectivity index (χ1) is 15.8. The van der Waals surface area contributed by atoms with E-state index in [1.807, 2.05) is 30.4 Å². The molecule has 3 heterocycles. The van der Waals surface area contributed by atoms with Gasteiger partial charge in [-0.2, -0.15) is 0 Å². The molecule has 3 aromatic rings. The van der Waals surface area contributed by atoms with Gasteiger partial charge in [0.15, 0.2) is 0 Å². The van der Waals surface area contributed by atoms with Gasteiger partial charge in [-0.1, -0.05) is 31.5 Å². The molecule has 1 aromatic carbocycles. The highest BCUT2D eigenvalue weighted by atomic mass is 35.5. The number of urea groups is 1. The molecule has 33 heavy (non-hydrogen) atoms. The predicted molar refractivity (Wildman–Crippen MR) is 139 cm³/mol. The van der Waals surface area contributed by atoms with Crippen molar-refractivity contribution in [3.8, 4) is 5.00 Å². The van der Waals surface area contributed by atoms with E-state index in [-0.39, 0.29) is 12.1 Å². The second-order valence-electron chi connectivity index (χ2n) is 9.39. The topological polar surface area (TPSA) is 49.3 Å². The van der Waals surface area contributed by atoms with Gasteiger partial charge in [-0.3, -0.25) is 0 Å². The molecule has 0 aliphatic carbocycles. The lowest BCUT2D eigenvalue weighted by atomic mass is 9.92. The van der Waals surface area contributed by atoms with Crippen LogP contribution < -0.4 is 10.6 Å². The maximum absolute atomic E-state index is 13.1.